The third-order valence-electron chi connectivity index (χ3n) is 2.21. The van der Waals surface area contributed by atoms with Gasteiger partial charge >= 0.3 is 0 Å². The molecule has 0 bridgehead atoms. The summed E-state index contributed by atoms with van der Waals surface area (Å²) in [4.78, 5) is 11.9. The molecular weight excluding hydrogens is 224 g/mol. The summed E-state index contributed by atoms with van der Waals surface area (Å²) >= 11 is 0. The third-order valence-corrected chi connectivity index (χ3v) is 3.66. The molecule has 5 heteroatoms. The van der Waals surface area contributed by atoms with Gasteiger partial charge in [-0.25, -0.2) is 0 Å². The fraction of sp³-hybridized carbons (Fsp3) is 0.364. The number of anilines is 1. The van der Waals surface area contributed by atoms with E-state index in [-0.39, 0.29) is 11.7 Å². The predicted molar refractivity (Wildman–Crippen MR) is 65.6 cm³/mol. The van der Waals surface area contributed by atoms with Crippen LogP contribution in [0.1, 0.15) is 12.5 Å². The van der Waals surface area contributed by atoms with Crippen LogP contribution in [0.15, 0.2) is 23.1 Å². The van der Waals surface area contributed by atoms with Crippen molar-refractivity contribution in [3.8, 4) is 0 Å². The van der Waals surface area contributed by atoms with Gasteiger partial charge in [-0.3, -0.25) is 9.00 Å². The van der Waals surface area contributed by atoms with Crippen molar-refractivity contribution in [3.05, 3.63) is 23.8 Å². The number of nitrogens with two attached hydrogens (primary N) is 1. The van der Waals surface area contributed by atoms with Gasteiger partial charge in [0.15, 0.2) is 0 Å². The van der Waals surface area contributed by atoms with Crippen molar-refractivity contribution in [2.75, 3.05) is 18.0 Å². The van der Waals surface area contributed by atoms with Crippen LogP contribution in [0, 0.1) is 6.92 Å². The first kappa shape index (κ1) is 12.7. The molecule has 0 radical (unpaired) electrons. The van der Waals surface area contributed by atoms with Crippen molar-refractivity contribution in [3.63, 3.8) is 0 Å². The van der Waals surface area contributed by atoms with Gasteiger partial charge in [-0.1, -0.05) is 6.07 Å². The summed E-state index contributed by atoms with van der Waals surface area (Å²) < 4.78 is 11.9. The lowest BCUT2D eigenvalue weighted by Crippen LogP contribution is -2.28. The molecule has 1 rings (SSSR count). The van der Waals surface area contributed by atoms with Gasteiger partial charge < -0.3 is 11.1 Å². The van der Waals surface area contributed by atoms with E-state index in [9.17, 15) is 9.00 Å². The molecule has 0 aliphatic rings. The van der Waals surface area contributed by atoms with E-state index in [1.54, 1.807) is 25.1 Å². The Bertz CT molecular complexity index is 418. The van der Waals surface area contributed by atoms with Gasteiger partial charge in [0, 0.05) is 17.1 Å². The molecule has 0 saturated carbocycles. The smallest absolute Gasteiger partial charge is 0.232 e. The average Bonchev–Trinajstić information content (AvgIpc) is 2.22. The maximum Gasteiger partial charge on any atom is 0.232 e. The highest BCUT2D eigenvalue weighted by Crippen LogP contribution is 2.18. The van der Waals surface area contributed by atoms with Crippen LogP contribution >= 0.6 is 0 Å². The van der Waals surface area contributed by atoms with E-state index in [4.69, 9.17) is 5.73 Å². The summed E-state index contributed by atoms with van der Waals surface area (Å²) in [6.45, 7) is 4.18. The van der Waals surface area contributed by atoms with Crippen LogP contribution in [0.5, 0.6) is 0 Å². The normalized spacial score (nSPS) is 12.1. The maximum absolute atomic E-state index is 11.9. The molecule has 1 atom stereocenters. The van der Waals surface area contributed by atoms with Gasteiger partial charge in [0.05, 0.1) is 10.8 Å². The number of nitrogens with one attached hydrogen (secondary N) is 1. The highest BCUT2D eigenvalue weighted by molar-refractivity contribution is 7.85. The van der Waals surface area contributed by atoms with Gasteiger partial charge in [-0.05, 0) is 31.5 Å². The van der Waals surface area contributed by atoms with Crippen LogP contribution in [0.25, 0.3) is 0 Å². The Hall–Kier alpha value is -1.36. The van der Waals surface area contributed by atoms with E-state index < -0.39 is 10.8 Å². The van der Waals surface area contributed by atoms with E-state index in [1.807, 2.05) is 6.92 Å². The van der Waals surface area contributed by atoms with E-state index >= 15 is 0 Å². The van der Waals surface area contributed by atoms with Gasteiger partial charge in [-0.2, -0.15) is 0 Å². The zero-order valence-corrected chi connectivity index (χ0v) is 10.3. The van der Waals surface area contributed by atoms with Gasteiger partial charge in [-0.15, -0.1) is 0 Å². The topological polar surface area (TPSA) is 72.2 Å². The Morgan fingerprint density at radius 2 is 2.19 bits per heavy atom. The van der Waals surface area contributed by atoms with Gasteiger partial charge in [0.2, 0.25) is 5.91 Å². The van der Waals surface area contributed by atoms with Gasteiger partial charge in [0.1, 0.15) is 5.75 Å². The molecule has 1 aromatic rings. The predicted octanol–water partition coefficient (Wildman–Crippen LogP) is 0.821. The Kier molecular flexibility index (Phi) is 4.49. The highest BCUT2D eigenvalue weighted by atomic mass is 32.2. The summed E-state index contributed by atoms with van der Waals surface area (Å²) in [6.07, 6.45) is 0. The Balaban J connectivity index is 2.81. The minimum absolute atomic E-state index is 0.0157. The van der Waals surface area contributed by atoms with Crippen molar-refractivity contribution in [2.45, 2.75) is 18.7 Å². The second-order valence-corrected chi connectivity index (χ2v) is 4.83. The minimum Gasteiger partial charge on any atom is -0.398 e. The molecule has 0 aliphatic heterocycles. The number of carbonyl (C=O) groups excluding carboxylic acids is 1. The number of nitrogen functional groups attached to an aromatic ring is 1. The molecule has 0 fully saturated rings. The Labute approximate surface area is 97.7 Å². The quantitative estimate of drug-likeness (QED) is 0.765. The molecule has 4 nitrogen and oxygen atoms in total. The van der Waals surface area contributed by atoms with Crippen LogP contribution in [0.3, 0.4) is 0 Å². The van der Waals surface area contributed by atoms with Crippen molar-refractivity contribution < 1.29 is 9.00 Å². The first-order valence-corrected chi connectivity index (χ1v) is 6.38. The molecule has 1 amide bonds. The molecule has 1 unspecified atom stereocenters. The van der Waals surface area contributed by atoms with E-state index in [2.05, 4.69) is 5.32 Å². The van der Waals surface area contributed by atoms with Crippen LogP contribution in [-0.4, -0.2) is 22.4 Å². The number of rotatable bonds is 4. The molecular formula is C11H16N2O2S. The second kappa shape index (κ2) is 5.65. The Morgan fingerprint density at radius 1 is 1.50 bits per heavy atom. The third kappa shape index (κ3) is 3.06. The Morgan fingerprint density at radius 3 is 2.81 bits per heavy atom. The molecule has 16 heavy (non-hydrogen) atoms. The van der Waals surface area contributed by atoms with E-state index in [0.717, 1.165) is 5.56 Å². The molecule has 88 valence electrons. The largest absolute Gasteiger partial charge is 0.398 e. The number of carbonyl (C=O) groups is 1. The first-order chi connectivity index (χ1) is 7.56. The maximum atomic E-state index is 11.9. The molecule has 1 aromatic carbocycles. The number of benzene rings is 1. The molecule has 0 aliphatic carbocycles. The number of amides is 1. The molecule has 3 N–H and O–H groups in total. The second-order valence-electron chi connectivity index (χ2n) is 3.41. The van der Waals surface area contributed by atoms with Crippen molar-refractivity contribution in [1.82, 2.24) is 5.32 Å². The monoisotopic (exact) mass is 240 g/mol. The van der Waals surface area contributed by atoms with Crippen molar-refractivity contribution >= 4 is 22.4 Å². The van der Waals surface area contributed by atoms with E-state index in [0.29, 0.717) is 17.1 Å². The lowest BCUT2D eigenvalue weighted by Gasteiger charge is -2.07. The summed E-state index contributed by atoms with van der Waals surface area (Å²) in [5.41, 5.74) is 7.09. The lowest BCUT2D eigenvalue weighted by atomic mass is 10.2. The van der Waals surface area contributed by atoms with Crippen LogP contribution in [-0.2, 0) is 15.6 Å². The number of hydrogen-bond acceptors (Lipinski definition) is 3. The fourth-order valence-corrected chi connectivity index (χ4v) is 2.51. The van der Waals surface area contributed by atoms with Crippen LogP contribution < -0.4 is 11.1 Å². The summed E-state index contributed by atoms with van der Waals surface area (Å²) in [7, 11) is -1.33. The lowest BCUT2D eigenvalue weighted by molar-refractivity contribution is -0.118. The zero-order valence-electron chi connectivity index (χ0n) is 9.45. The standard InChI is InChI=1S/C11H16N2O2S/c1-3-13-11(14)7-16(15)10-6-4-5-9(12)8(10)2/h4-6H,3,7,12H2,1-2H3,(H,13,14). The highest BCUT2D eigenvalue weighted by Gasteiger charge is 2.12. The minimum atomic E-state index is -1.33. The summed E-state index contributed by atoms with van der Waals surface area (Å²) in [5.74, 6) is -0.222. The number of hydrogen-bond donors (Lipinski definition) is 2. The first-order valence-electron chi connectivity index (χ1n) is 5.06. The van der Waals surface area contributed by atoms with Gasteiger partial charge in [0.25, 0.3) is 0 Å². The van der Waals surface area contributed by atoms with Crippen molar-refractivity contribution in [1.29, 1.82) is 0 Å². The van der Waals surface area contributed by atoms with E-state index in [1.165, 1.54) is 0 Å². The summed E-state index contributed by atoms with van der Waals surface area (Å²) in [6, 6.07) is 5.23. The molecule has 0 aromatic heterocycles. The molecule has 0 heterocycles. The summed E-state index contributed by atoms with van der Waals surface area (Å²) in [5, 5.41) is 2.62. The average molecular weight is 240 g/mol. The SMILES string of the molecule is CCNC(=O)CS(=O)c1cccc(N)c1C. The van der Waals surface area contributed by atoms with Crippen LogP contribution in [0.4, 0.5) is 5.69 Å². The molecule has 0 saturated heterocycles. The van der Waals surface area contributed by atoms with Crippen LogP contribution in [0.2, 0.25) is 0 Å². The molecule has 0 spiro atoms. The van der Waals surface area contributed by atoms with Crippen molar-refractivity contribution in [2.24, 2.45) is 0 Å². The fourth-order valence-electron chi connectivity index (χ4n) is 1.32. The zero-order chi connectivity index (χ0) is 12.1.